The number of carbonyl (C=O) groups is 1. The number of likely N-dealkylation sites (tertiary alicyclic amines) is 1. The van der Waals surface area contributed by atoms with E-state index in [0.29, 0.717) is 24.2 Å². The number of nitrogens with one attached hydrogen (secondary N) is 1. The largest absolute Gasteiger partial charge is 0.490 e. The van der Waals surface area contributed by atoms with Crippen LogP contribution in [0.25, 0.3) is 0 Å². The maximum atomic E-state index is 12.7. The van der Waals surface area contributed by atoms with E-state index in [4.69, 9.17) is 4.74 Å². The monoisotopic (exact) mass is 369 g/mol. The lowest BCUT2D eigenvalue weighted by Gasteiger charge is -2.24. The van der Waals surface area contributed by atoms with Gasteiger partial charge in [0.1, 0.15) is 12.4 Å². The lowest BCUT2D eigenvalue weighted by molar-refractivity contribution is 0.198. The Morgan fingerprint density at radius 2 is 2.15 bits per heavy atom. The Morgan fingerprint density at radius 3 is 2.81 bits per heavy atom. The number of ether oxygens (including phenoxy) is 1. The third kappa shape index (κ3) is 4.74. The van der Waals surface area contributed by atoms with E-state index >= 15 is 0 Å². The molecule has 1 aromatic heterocycles. The number of aromatic nitrogens is 2. The molecule has 1 aliphatic heterocycles. The molecule has 7 heteroatoms. The van der Waals surface area contributed by atoms with Crippen LogP contribution in [0.1, 0.15) is 24.1 Å². The number of hydrogen-bond donors (Lipinski definition) is 1. The molecule has 1 saturated heterocycles. The van der Waals surface area contributed by atoms with Crippen molar-refractivity contribution in [3.05, 3.63) is 41.9 Å². The molecule has 1 N–H and O–H groups in total. The maximum Gasteiger partial charge on any atom is 0.327 e. The molecule has 1 aliphatic rings. The lowest BCUT2D eigenvalue weighted by atomic mass is 10.2. The fourth-order valence-corrected chi connectivity index (χ4v) is 3.15. The van der Waals surface area contributed by atoms with Gasteiger partial charge in [0.2, 0.25) is 0 Å². The standard InChI is InChI=1S/C20H27N5O2/c1-14-7-8-18(27-13-16-6-5-9-24(16)3)17(10-14)25(4)20(26)23-19-12-21-15(2)11-22-19/h7-8,10-12,16H,5-6,9,13H2,1-4H3,(H,22,23,26). The fraction of sp³-hybridized carbons (Fsp3) is 0.450. The summed E-state index contributed by atoms with van der Waals surface area (Å²) in [6.07, 6.45) is 5.50. The number of carbonyl (C=O) groups excluding carboxylic acids is 1. The molecule has 0 bridgehead atoms. The van der Waals surface area contributed by atoms with E-state index in [0.717, 1.165) is 29.9 Å². The quantitative estimate of drug-likeness (QED) is 0.876. The highest BCUT2D eigenvalue weighted by Gasteiger charge is 2.23. The summed E-state index contributed by atoms with van der Waals surface area (Å²) in [6.45, 7) is 5.57. The molecule has 1 unspecified atom stereocenters. The molecule has 0 spiro atoms. The summed E-state index contributed by atoms with van der Waals surface area (Å²) in [6, 6.07) is 6.00. The van der Waals surface area contributed by atoms with Crippen molar-refractivity contribution in [3.63, 3.8) is 0 Å². The van der Waals surface area contributed by atoms with Crippen LogP contribution in [0, 0.1) is 13.8 Å². The molecule has 1 aromatic carbocycles. The molecule has 7 nitrogen and oxygen atoms in total. The van der Waals surface area contributed by atoms with Crippen molar-refractivity contribution in [1.29, 1.82) is 0 Å². The van der Waals surface area contributed by atoms with E-state index in [1.807, 2.05) is 32.0 Å². The van der Waals surface area contributed by atoms with Crippen molar-refractivity contribution in [2.45, 2.75) is 32.7 Å². The zero-order chi connectivity index (χ0) is 19.4. The van der Waals surface area contributed by atoms with Crippen LogP contribution in [0.5, 0.6) is 5.75 Å². The average molecular weight is 369 g/mol. The first-order valence-corrected chi connectivity index (χ1v) is 9.21. The van der Waals surface area contributed by atoms with Gasteiger partial charge >= 0.3 is 6.03 Å². The summed E-state index contributed by atoms with van der Waals surface area (Å²) in [7, 11) is 3.85. The highest BCUT2D eigenvalue weighted by atomic mass is 16.5. The van der Waals surface area contributed by atoms with Crippen LogP contribution in [-0.4, -0.2) is 54.2 Å². The third-order valence-electron chi connectivity index (χ3n) is 4.90. The fourth-order valence-electron chi connectivity index (χ4n) is 3.15. The predicted octanol–water partition coefficient (Wildman–Crippen LogP) is 3.23. The van der Waals surface area contributed by atoms with Crippen LogP contribution >= 0.6 is 0 Å². The van der Waals surface area contributed by atoms with Crippen LogP contribution in [0.2, 0.25) is 0 Å². The Morgan fingerprint density at radius 1 is 1.33 bits per heavy atom. The van der Waals surface area contributed by atoms with E-state index < -0.39 is 0 Å². The summed E-state index contributed by atoms with van der Waals surface area (Å²) >= 11 is 0. The average Bonchev–Trinajstić information content (AvgIpc) is 3.06. The predicted molar refractivity (Wildman–Crippen MR) is 107 cm³/mol. The van der Waals surface area contributed by atoms with Gasteiger partial charge in [0, 0.05) is 13.1 Å². The van der Waals surface area contributed by atoms with E-state index in [1.165, 1.54) is 6.42 Å². The second kappa shape index (κ2) is 8.35. The molecule has 144 valence electrons. The van der Waals surface area contributed by atoms with Gasteiger partial charge in [-0.3, -0.25) is 15.2 Å². The topological polar surface area (TPSA) is 70.6 Å². The summed E-state index contributed by atoms with van der Waals surface area (Å²) in [5.74, 6) is 1.12. The van der Waals surface area contributed by atoms with Gasteiger partial charge in [0.25, 0.3) is 0 Å². The molecule has 27 heavy (non-hydrogen) atoms. The molecule has 2 aromatic rings. The summed E-state index contributed by atoms with van der Waals surface area (Å²) in [4.78, 5) is 24.8. The first kappa shape index (κ1) is 19.1. The summed E-state index contributed by atoms with van der Waals surface area (Å²) in [5, 5.41) is 2.77. The Balaban J connectivity index is 1.72. The van der Waals surface area contributed by atoms with E-state index in [1.54, 1.807) is 24.3 Å². The number of urea groups is 1. The molecule has 0 aliphatic carbocycles. The normalized spacial score (nSPS) is 17.0. The highest BCUT2D eigenvalue weighted by Crippen LogP contribution is 2.30. The van der Waals surface area contributed by atoms with E-state index in [9.17, 15) is 4.79 Å². The van der Waals surface area contributed by atoms with Gasteiger partial charge in [-0.15, -0.1) is 0 Å². The molecule has 1 atom stereocenters. The molecule has 3 rings (SSSR count). The van der Waals surface area contributed by atoms with E-state index in [2.05, 4.69) is 27.2 Å². The van der Waals surface area contributed by atoms with Gasteiger partial charge in [-0.2, -0.15) is 0 Å². The first-order valence-electron chi connectivity index (χ1n) is 9.21. The van der Waals surface area contributed by atoms with E-state index in [-0.39, 0.29) is 6.03 Å². The van der Waals surface area contributed by atoms with Crippen LogP contribution in [0.15, 0.2) is 30.6 Å². The maximum absolute atomic E-state index is 12.7. The summed E-state index contributed by atoms with van der Waals surface area (Å²) < 4.78 is 6.09. The number of rotatable bonds is 5. The lowest BCUT2D eigenvalue weighted by Crippen LogP contribution is -2.33. The first-order chi connectivity index (χ1) is 12.9. The van der Waals surface area contributed by atoms with Gasteiger partial charge in [0.15, 0.2) is 5.82 Å². The number of likely N-dealkylation sites (N-methyl/N-ethyl adjacent to an activating group) is 1. The Kier molecular flexibility index (Phi) is 5.91. The minimum absolute atomic E-state index is 0.290. The van der Waals surface area contributed by atoms with Crippen molar-refractivity contribution in [3.8, 4) is 5.75 Å². The number of hydrogen-bond acceptors (Lipinski definition) is 5. The second-order valence-electron chi connectivity index (χ2n) is 7.09. The second-order valence-corrected chi connectivity index (χ2v) is 7.09. The molecular weight excluding hydrogens is 342 g/mol. The van der Waals surface area contributed by atoms with Crippen molar-refractivity contribution in [2.24, 2.45) is 0 Å². The number of amides is 2. The van der Waals surface area contributed by atoms with Crippen LogP contribution in [-0.2, 0) is 0 Å². The van der Waals surface area contributed by atoms with Crippen LogP contribution in [0.3, 0.4) is 0 Å². The number of anilines is 2. The molecule has 2 heterocycles. The molecule has 2 amide bonds. The zero-order valence-electron chi connectivity index (χ0n) is 16.4. The Hall–Kier alpha value is -2.67. The van der Waals surface area contributed by atoms with Crippen LogP contribution in [0.4, 0.5) is 16.3 Å². The molecule has 0 radical (unpaired) electrons. The van der Waals surface area contributed by atoms with Crippen LogP contribution < -0.4 is 15.0 Å². The van der Waals surface area contributed by atoms with Gasteiger partial charge in [0.05, 0.1) is 23.8 Å². The summed E-state index contributed by atoms with van der Waals surface area (Å²) in [5.41, 5.74) is 2.59. The van der Waals surface area contributed by atoms with Crippen molar-refractivity contribution >= 4 is 17.5 Å². The highest BCUT2D eigenvalue weighted by molar-refractivity contribution is 6.01. The molecule has 0 saturated carbocycles. The van der Waals surface area contributed by atoms with Gasteiger partial charge in [-0.1, -0.05) is 6.07 Å². The number of aryl methyl sites for hydroxylation is 2. The SMILES string of the molecule is Cc1ccc(OCC2CCCN2C)c(N(C)C(=O)Nc2cnc(C)cn2)c1. The van der Waals surface area contributed by atoms with Crippen molar-refractivity contribution < 1.29 is 9.53 Å². The van der Waals surface area contributed by atoms with Gasteiger partial charge in [-0.05, 0) is 58.0 Å². The van der Waals surface area contributed by atoms with Crippen molar-refractivity contribution in [2.75, 3.05) is 37.5 Å². The minimum Gasteiger partial charge on any atom is -0.490 e. The van der Waals surface area contributed by atoms with Gasteiger partial charge in [-0.25, -0.2) is 9.78 Å². The smallest absolute Gasteiger partial charge is 0.327 e. The Bertz CT molecular complexity index is 793. The third-order valence-corrected chi connectivity index (χ3v) is 4.90. The minimum atomic E-state index is -0.290. The molecular formula is C20H27N5O2. The molecule has 1 fully saturated rings. The number of benzene rings is 1. The Labute approximate surface area is 160 Å². The van der Waals surface area contributed by atoms with Crippen molar-refractivity contribution in [1.82, 2.24) is 14.9 Å². The zero-order valence-corrected chi connectivity index (χ0v) is 16.4. The number of nitrogens with zero attached hydrogens (tertiary/aromatic N) is 4. The van der Waals surface area contributed by atoms with Gasteiger partial charge < -0.3 is 9.64 Å².